The lowest BCUT2D eigenvalue weighted by Crippen LogP contribution is -2.31. The van der Waals surface area contributed by atoms with E-state index < -0.39 is 0 Å². The lowest BCUT2D eigenvalue weighted by atomic mass is 9.64. The largest absolute Gasteiger partial charge is 0.0587 e. The molecule has 0 saturated carbocycles. The summed E-state index contributed by atoms with van der Waals surface area (Å²) in [5.41, 5.74) is 24.8. The van der Waals surface area contributed by atoms with Crippen LogP contribution >= 0.6 is 0 Å². The molecule has 0 nitrogen and oxygen atoms in total. The number of aryl methyl sites for hydroxylation is 6. The molecule has 0 unspecified atom stereocenters. The van der Waals surface area contributed by atoms with E-state index in [9.17, 15) is 0 Å². The van der Waals surface area contributed by atoms with Crippen molar-refractivity contribution in [2.24, 2.45) is 0 Å². The molecule has 0 N–H and O–H groups in total. The highest BCUT2D eigenvalue weighted by molar-refractivity contribution is 5.86. The molecule has 0 saturated heterocycles. The lowest BCUT2D eigenvalue weighted by molar-refractivity contribution is 0.498. The lowest BCUT2D eigenvalue weighted by Gasteiger charge is -2.38. The van der Waals surface area contributed by atoms with Crippen LogP contribution in [0.2, 0.25) is 0 Å². The predicted octanol–water partition coefficient (Wildman–Crippen LogP) is 12.0. The van der Waals surface area contributed by atoms with Gasteiger partial charge in [-0.2, -0.15) is 0 Å². The van der Waals surface area contributed by atoms with Crippen LogP contribution in [0.1, 0.15) is 85.0 Å². The zero-order chi connectivity index (χ0) is 32.2. The van der Waals surface area contributed by atoms with Crippen LogP contribution in [0, 0.1) is 48.0 Å². The summed E-state index contributed by atoms with van der Waals surface area (Å²) in [7, 11) is 0. The first-order valence-electron chi connectivity index (χ1n) is 17.2. The Balaban J connectivity index is 1.33. The summed E-state index contributed by atoms with van der Waals surface area (Å²) in [5, 5.41) is 0. The van der Waals surface area contributed by atoms with E-state index in [1.807, 2.05) is 0 Å². The van der Waals surface area contributed by atoms with Gasteiger partial charge in [-0.15, -0.1) is 0 Å². The van der Waals surface area contributed by atoms with Crippen LogP contribution in [0.4, 0.5) is 0 Å². The monoisotopic (exact) mass is 605 g/mol. The molecule has 1 radical (unpaired) electrons. The zero-order valence-electron chi connectivity index (χ0n) is 28.3. The Hall–Kier alpha value is -4.68. The first-order chi connectivity index (χ1) is 22.7. The molecule has 47 heavy (non-hydrogen) atoms. The Morgan fingerprint density at radius 3 is 1.13 bits per heavy atom. The summed E-state index contributed by atoms with van der Waals surface area (Å²) in [5.74, 6) is 0.473. The molecule has 9 rings (SSSR count). The SMILES string of the molecule is Cc1ccc2c(c1)C([CH]C1(CC3c4cc(C)ccc4-c4ccc(C)cc43)c3cc(C)ccc3-c3ccc(C)cc31)c1cc(C)ccc1-2. The minimum Gasteiger partial charge on any atom is -0.0587 e. The van der Waals surface area contributed by atoms with E-state index in [4.69, 9.17) is 0 Å². The summed E-state index contributed by atoms with van der Waals surface area (Å²) in [6.45, 7) is 13.5. The number of hydrogen-bond acceptors (Lipinski definition) is 0. The third kappa shape index (κ3) is 4.20. The van der Waals surface area contributed by atoms with Crippen LogP contribution < -0.4 is 0 Å². The van der Waals surface area contributed by atoms with Crippen molar-refractivity contribution in [2.75, 3.05) is 0 Å². The fraction of sp³-hybridized carbons (Fsp3) is 0.213. The molecule has 0 aromatic heterocycles. The van der Waals surface area contributed by atoms with Gasteiger partial charge >= 0.3 is 0 Å². The fourth-order valence-electron chi connectivity index (χ4n) is 9.28. The van der Waals surface area contributed by atoms with Gasteiger partial charge in [0.25, 0.3) is 0 Å². The summed E-state index contributed by atoms with van der Waals surface area (Å²) in [6, 6.07) is 42.9. The van der Waals surface area contributed by atoms with E-state index in [1.54, 1.807) is 0 Å². The highest BCUT2D eigenvalue weighted by Crippen LogP contribution is 2.62. The second-order valence-corrected chi connectivity index (χ2v) is 14.8. The molecule has 229 valence electrons. The average Bonchev–Trinajstić information content (AvgIpc) is 3.60. The standard InChI is InChI=1S/C47H41/c1-27-7-13-33-34-14-8-28(2)20-40(34)43(39(33)19-27)25-47(45-23-31(5)11-17-37(45)38-18-12-32(6)24-46(38)47)26-44-41-21-29(3)9-15-35(41)36-16-10-30(4)22-42(36)44/h7-25,43-44H,26H2,1-6H3. The van der Waals surface area contributed by atoms with Gasteiger partial charge < -0.3 is 0 Å². The highest BCUT2D eigenvalue weighted by atomic mass is 14.5. The van der Waals surface area contributed by atoms with E-state index in [-0.39, 0.29) is 17.3 Å². The summed E-state index contributed by atoms with van der Waals surface area (Å²) < 4.78 is 0. The quantitative estimate of drug-likeness (QED) is 0.187. The van der Waals surface area contributed by atoms with Crippen LogP contribution in [0.15, 0.2) is 109 Å². The maximum absolute atomic E-state index is 2.79. The van der Waals surface area contributed by atoms with Crippen molar-refractivity contribution in [3.63, 3.8) is 0 Å². The topological polar surface area (TPSA) is 0 Å². The van der Waals surface area contributed by atoms with Crippen LogP contribution in [0.25, 0.3) is 33.4 Å². The number of fused-ring (bicyclic) bond motifs is 9. The van der Waals surface area contributed by atoms with Gasteiger partial charge in [0.2, 0.25) is 0 Å². The second kappa shape index (κ2) is 10.2. The summed E-state index contributed by atoms with van der Waals surface area (Å²) in [6.07, 6.45) is 3.79. The molecule has 0 spiro atoms. The molecule has 6 aromatic carbocycles. The van der Waals surface area contributed by atoms with E-state index >= 15 is 0 Å². The number of benzene rings is 6. The van der Waals surface area contributed by atoms with Crippen molar-refractivity contribution < 1.29 is 0 Å². The Bertz CT molecular complexity index is 2010. The average molecular weight is 606 g/mol. The molecule has 3 aliphatic carbocycles. The van der Waals surface area contributed by atoms with Gasteiger partial charge in [-0.1, -0.05) is 143 Å². The molecule has 0 amide bonds. The first kappa shape index (κ1) is 28.5. The molecule has 0 bridgehead atoms. The minimum absolute atomic E-state index is 0.190. The third-order valence-electron chi connectivity index (χ3n) is 11.4. The normalized spacial score (nSPS) is 15.2. The molecule has 6 aromatic rings. The zero-order valence-corrected chi connectivity index (χ0v) is 28.3. The molecular formula is C47H41. The Kier molecular flexibility index (Phi) is 6.17. The molecule has 0 atom stereocenters. The Morgan fingerprint density at radius 1 is 0.404 bits per heavy atom. The van der Waals surface area contributed by atoms with E-state index in [0.717, 1.165) is 6.42 Å². The smallest absolute Gasteiger partial charge is 0.0265 e. The van der Waals surface area contributed by atoms with Gasteiger partial charge in [-0.25, -0.2) is 0 Å². The van der Waals surface area contributed by atoms with Crippen molar-refractivity contribution in [2.45, 2.75) is 65.2 Å². The van der Waals surface area contributed by atoms with Crippen molar-refractivity contribution in [1.82, 2.24) is 0 Å². The highest BCUT2D eigenvalue weighted by Gasteiger charge is 2.49. The predicted molar refractivity (Wildman–Crippen MR) is 197 cm³/mol. The van der Waals surface area contributed by atoms with Gasteiger partial charge in [0.1, 0.15) is 0 Å². The summed E-state index contributed by atoms with van der Waals surface area (Å²) >= 11 is 0. The first-order valence-corrected chi connectivity index (χ1v) is 17.2. The van der Waals surface area contributed by atoms with Crippen molar-refractivity contribution in [3.05, 3.63) is 182 Å². The maximum Gasteiger partial charge on any atom is 0.0265 e. The van der Waals surface area contributed by atoms with Gasteiger partial charge in [0.05, 0.1) is 0 Å². The molecular weight excluding hydrogens is 565 g/mol. The van der Waals surface area contributed by atoms with Gasteiger partial charge in [-0.3, -0.25) is 0 Å². The third-order valence-corrected chi connectivity index (χ3v) is 11.4. The van der Waals surface area contributed by atoms with Gasteiger partial charge in [0.15, 0.2) is 0 Å². The van der Waals surface area contributed by atoms with Crippen LogP contribution in [0.3, 0.4) is 0 Å². The van der Waals surface area contributed by atoms with Gasteiger partial charge in [0, 0.05) is 17.3 Å². The second-order valence-electron chi connectivity index (χ2n) is 14.8. The van der Waals surface area contributed by atoms with Crippen LogP contribution in [0.5, 0.6) is 0 Å². The van der Waals surface area contributed by atoms with Crippen molar-refractivity contribution in [1.29, 1.82) is 0 Å². The Morgan fingerprint density at radius 2 is 0.723 bits per heavy atom. The molecule has 3 aliphatic rings. The minimum atomic E-state index is -0.295. The number of hydrogen-bond donors (Lipinski definition) is 0. The molecule has 0 fully saturated rings. The molecule has 0 heterocycles. The van der Waals surface area contributed by atoms with Crippen LogP contribution in [-0.2, 0) is 5.41 Å². The van der Waals surface area contributed by atoms with Crippen molar-refractivity contribution >= 4 is 0 Å². The maximum atomic E-state index is 2.79. The number of rotatable bonds is 4. The van der Waals surface area contributed by atoms with Crippen LogP contribution in [-0.4, -0.2) is 0 Å². The fourth-order valence-corrected chi connectivity index (χ4v) is 9.28. The molecule has 0 aliphatic heterocycles. The van der Waals surface area contributed by atoms with Crippen molar-refractivity contribution in [3.8, 4) is 33.4 Å². The van der Waals surface area contributed by atoms with E-state index in [2.05, 4.69) is 157 Å². The Labute approximate surface area is 280 Å². The summed E-state index contributed by atoms with van der Waals surface area (Å²) in [4.78, 5) is 0. The van der Waals surface area contributed by atoms with E-state index in [1.165, 1.54) is 100 Å². The van der Waals surface area contributed by atoms with Gasteiger partial charge in [-0.05, 0) is 121 Å². The van der Waals surface area contributed by atoms with E-state index in [0.29, 0.717) is 0 Å². The molecule has 0 heteroatoms.